The van der Waals surface area contributed by atoms with Gasteiger partial charge in [0.2, 0.25) is 0 Å². The number of aliphatic carboxylic acids is 1. The monoisotopic (exact) mass is 293 g/mol. The van der Waals surface area contributed by atoms with Crippen molar-refractivity contribution in [1.29, 1.82) is 0 Å². The molecule has 0 amide bonds. The fourth-order valence-electron chi connectivity index (χ4n) is 2.73. The number of halogens is 1. The number of piperidine rings is 1. The Labute approximate surface area is 124 Å². The highest BCUT2D eigenvalue weighted by Crippen LogP contribution is 2.36. The standard InChI is InChI=1S/C16H20ClNO2/c1-11-6-7-12(2)18(10-11)16-13(8-9-15(19)20)4-3-5-14(16)17/h3-5,8-9,11-12H,6-7,10H2,1-2H3,(H,19,20)/b9-8+. The second-order valence-corrected chi connectivity index (χ2v) is 5.94. The van der Waals surface area contributed by atoms with Crippen molar-refractivity contribution in [3.05, 3.63) is 34.9 Å². The topological polar surface area (TPSA) is 40.5 Å². The van der Waals surface area contributed by atoms with Crippen molar-refractivity contribution in [2.24, 2.45) is 5.92 Å². The molecule has 1 aromatic rings. The number of carboxylic acid groups (broad SMARTS) is 1. The van der Waals surface area contributed by atoms with Crippen LogP contribution in [0, 0.1) is 5.92 Å². The summed E-state index contributed by atoms with van der Waals surface area (Å²) in [7, 11) is 0. The molecular weight excluding hydrogens is 274 g/mol. The summed E-state index contributed by atoms with van der Waals surface area (Å²) >= 11 is 6.37. The second kappa shape index (κ2) is 6.31. The SMILES string of the molecule is CC1CCC(C)N(c2c(Cl)cccc2/C=C/C(=O)O)C1. The molecule has 0 radical (unpaired) electrons. The highest BCUT2D eigenvalue weighted by Gasteiger charge is 2.25. The van der Waals surface area contributed by atoms with Gasteiger partial charge in [-0.15, -0.1) is 0 Å². The van der Waals surface area contributed by atoms with Crippen LogP contribution in [0.1, 0.15) is 32.3 Å². The Morgan fingerprint density at radius 2 is 2.15 bits per heavy atom. The van der Waals surface area contributed by atoms with E-state index in [-0.39, 0.29) is 0 Å². The van der Waals surface area contributed by atoms with E-state index in [0.717, 1.165) is 30.3 Å². The van der Waals surface area contributed by atoms with Crippen LogP contribution in [0.2, 0.25) is 5.02 Å². The Hall–Kier alpha value is -1.48. The first-order valence-electron chi connectivity index (χ1n) is 6.95. The summed E-state index contributed by atoms with van der Waals surface area (Å²) in [5, 5.41) is 9.49. The number of rotatable bonds is 3. The molecule has 1 fully saturated rings. The summed E-state index contributed by atoms with van der Waals surface area (Å²) in [4.78, 5) is 13.0. The molecule has 3 nitrogen and oxygen atoms in total. The molecule has 1 N–H and O–H groups in total. The quantitative estimate of drug-likeness (QED) is 0.854. The molecule has 1 aromatic carbocycles. The molecule has 4 heteroatoms. The number of hydrogen-bond donors (Lipinski definition) is 1. The predicted molar refractivity (Wildman–Crippen MR) is 83.3 cm³/mol. The van der Waals surface area contributed by atoms with Crippen LogP contribution in [0.3, 0.4) is 0 Å². The number of hydrogen-bond acceptors (Lipinski definition) is 2. The Kier molecular flexibility index (Phi) is 4.71. The van der Waals surface area contributed by atoms with Crippen molar-refractivity contribution in [1.82, 2.24) is 0 Å². The molecule has 0 spiro atoms. The number of para-hydroxylation sites is 1. The van der Waals surface area contributed by atoms with E-state index >= 15 is 0 Å². The highest BCUT2D eigenvalue weighted by molar-refractivity contribution is 6.33. The van der Waals surface area contributed by atoms with Crippen LogP contribution < -0.4 is 4.90 Å². The van der Waals surface area contributed by atoms with E-state index in [1.807, 2.05) is 18.2 Å². The maximum absolute atomic E-state index is 10.7. The fraction of sp³-hybridized carbons (Fsp3) is 0.438. The molecule has 1 heterocycles. The molecule has 2 unspecified atom stereocenters. The molecule has 1 saturated heterocycles. The summed E-state index contributed by atoms with van der Waals surface area (Å²) in [6, 6.07) is 6.04. The Morgan fingerprint density at radius 1 is 1.40 bits per heavy atom. The van der Waals surface area contributed by atoms with Crippen molar-refractivity contribution in [2.75, 3.05) is 11.4 Å². The molecule has 0 bridgehead atoms. The lowest BCUT2D eigenvalue weighted by Crippen LogP contribution is -2.41. The van der Waals surface area contributed by atoms with Gasteiger partial charge in [0.25, 0.3) is 0 Å². The van der Waals surface area contributed by atoms with E-state index in [4.69, 9.17) is 16.7 Å². The largest absolute Gasteiger partial charge is 0.478 e. The van der Waals surface area contributed by atoms with E-state index in [2.05, 4.69) is 18.7 Å². The number of nitrogens with zero attached hydrogens (tertiary/aromatic N) is 1. The first-order valence-corrected chi connectivity index (χ1v) is 7.33. The van der Waals surface area contributed by atoms with Crippen molar-refractivity contribution in [3.8, 4) is 0 Å². The van der Waals surface area contributed by atoms with Crippen LogP contribution in [0.4, 0.5) is 5.69 Å². The fourth-order valence-corrected chi connectivity index (χ4v) is 3.02. The lowest BCUT2D eigenvalue weighted by Gasteiger charge is -2.39. The Balaban J connectivity index is 2.40. The Morgan fingerprint density at radius 3 is 2.85 bits per heavy atom. The number of carboxylic acids is 1. The minimum absolute atomic E-state index is 0.420. The molecule has 2 atom stereocenters. The average Bonchev–Trinajstić information content (AvgIpc) is 2.39. The van der Waals surface area contributed by atoms with Gasteiger partial charge < -0.3 is 10.0 Å². The van der Waals surface area contributed by atoms with Gasteiger partial charge in [-0.2, -0.15) is 0 Å². The second-order valence-electron chi connectivity index (χ2n) is 5.53. The molecule has 2 rings (SSSR count). The third-order valence-electron chi connectivity index (χ3n) is 3.83. The zero-order valence-electron chi connectivity index (χ0n) is 11.8. The van der Waals surface area contributed by atoms with Crippen LogP contribution in [0.15, 0.2) is 24.3 Å². The molecule has 20 heavy (non-hydrogen) atoms. The molecule has 1 aliphatic rings. The van der Waals surface area contributed by atoms with Gasteiger partial charge in [0.1, 0.15) is 0 Å². The van der Waals surface area contributed by atoms with E-state index < -0.39 is 5.97 Å². The predicted octanol–water partition coefficient (Wildman–Crippen LogP) is 4.06. The molecule has 0 saturated carbocycles. The third-order valence-corrected chi connectivity index (χ3v) is 4.13. The lowest BCUT2D eigenvalue weighted by molar-refractivity contribution is -0.131. The van der Waals surface area contributed by atoms with Crippen LogP contribution in [0.5, 0.6) is 0 Å². The first kappa shape index (κ1) is 14.9. The van der Waals surface area contributed by atoms with Crippen molar-refractivity contribution >= 4 is 29.3 Å². The Bertz CT molecular complexity index is 527. The van der Waals surface area contributed by atoms with Gasteiger partial charge >= 0.3 is 5.97 Å². The zero-order chi connectivity index (χ0) is 14.7. The van der Waals surface area contributed by atoms with E-state index in [0.29, 0.717) is 17.0 Å². The first-order chi connectivity index (χ1) is 9.49. The van der Waals surface area contributed by atoms with Gasteiger partial charge in [0.05, 0.1) is 10.7 Å². The highest BCUT2D eigenvalue weighted by atomic mass is 35.5. The number of benzene rings is 1. The van der Waals surface area contributed by atoms with Crippen LogP contribution in [-0.2, 0) is 4.79 Å². The zero-order valence-corrected chi connectivity index (χ0v) is 12.6. The van der Waals surface area contributed by atoms with Gasteiger partial charge in [-0.05, 0) is 43.4 Å². The summed E-state index contributed by atoms with van der Waals surface area (Å²) in [6.45, 7) is 5.39. The van der Waals surface area contributed by atoms with E-state index in [1.165, 1.54) is 6.42 Å². The summed E-state index contributed by atoms with van der Waals surface area (Å²) < 4.78 is 0. The molecular formula is C16H20ClNO2. The van der Waals surface area contributed by atoms with Crippen LogP contribution in [0.25, 0.3) is 6.08 Å². The normalized spacial score (nSPS) is 23.2. The maximum atomic E-state index is 10.7. The van der Waals surface area contributed by atoms with Gasteiger partial charge in [-0.3, -0.25) is 0 Å². The van der Waals surface area contributed by atoms with Gasteiger partial charge in [0.15, 0.2) is 0 Å². The van der Waals surface area contributed by atoms with Crippen LogP contribution in [-0.4, -0.2) is 23.7 Å². The third kappa shape index (κ3) is 3.34. The van der Waals surface area contributed by atoms with Crippen molar-refractivity contribution in [2.45, 2.75) is 32.7 Å². The van der Waals surface area contributed by atoms with E-state index in [1.54, 1.807) is 6.08 Å². The minimum atomic E-state index is -0.948. The average molecular weight is 294 g/mol. The molecule has 1 aliphatic heterocycles. The van der Waals surface area contributed by atoms with Crippen molar-refractivity contribution in [3.63, 3.8) is 0 Å². The van der Waals surface area contributed by atoms with Crippen LogP contribution >= 0.6 is 11.6 Å². The molecule has 0 aromatic heterocycles. The van der Waals surface area contributed by atoms with Crippen molar-refractivity contribution < 1.29 is 9.90 Å². The van der Waals surface area contributed by atoms with Gasteiger partial charge in [-0.1, -0.05) is 30.7 Å². The minimum Gasteiger partial charge on any atom is -0.478 e. The lowest BCUT2D eigenvalue weighted by atomic mass is 9.93. The molecule has 0 aliphatic carbocycles. The van der Waals surface area contributed by atoms with E-state index in [9.17, 15) is 4.79 Å². The van der Waals surface area contributed by atoms with Gasteiger partial charge in [0, 0.05) is 18.7 Å². The summed E-state index contributed by atoms with van der Waals surface area (Å²) in [5.41, 5.74) is 1.81. The maximum Gasteiger partial charge on any atom is 0.328 e. The number of carbonyl (C=O) groups is 1. The number of anilines is 1. The molecule has 108 valence electrons. The van der Waals surface area contributed by atoms with Gasteiger partial charge in [-0.25, -0.2) is 4.79 Å². The summed E-state index contributed by atoms with van der Waals surface area (Å²) in [5.74, 6) is -0.324. The smallest absolute Gasteiger partial charge is 0.328 e. The summed E-state index contributed by atoms with van der Waals surface area (Å²) in [6.07, 6.45) is 5.14.